The summed E-state index contributed by atoms with van der Waals surface area (Å²) in [5, 5.41) is 2.12. The number of sulfonamides is 1. The van der Waals surface area contributed by atoms with E-state index in [1.54, 1.807) is 30.3 Å². The predicted octanol–water partition coefficient (Wildman–Crippen LogP) is 3.81. The molecule has 0 fully saturated rings. The number of nitrogens with zero attached hydrogens (tertiary/aromatic N) is 1. The molecule has 3 aromatic rings. The molecule has 0 spiro atoms. The van der Waals surface area contributed by atoms with E-state index < -0.39 is 39.8 Å². The van der Waals surface area contributed by atoms with Crippen molar-refractivity contribution in [2.75, 3.05) is 26.1 Å². The lowest BCUT2D eigenvalue weighted by molar-refractivity contribution is -0.116. The average Bonchev–Trinajstić information content (AvgIpc) is 2.81. The normalized spacial score (nSPS) is 11.3. The number of carbonyl (C=O) groups is 1. The minimum atomic E-state index is -4.21. The molecule has 7 nitrogen and oxygen atoms in total. The van der Waals surface area contributed by atoms with Crippen molar-refractivity contribution in [3.8, 4) is 11.5 Å². The number of nitrogens with one attached hydrogen (secondary N) is 1. The van der Waals surface area contributed by atoms with E-state index in [4.69, 9.17) is 9.47 Å². The molecule has 1 N–H and O–H groups in total. The molecule has 0 aliphatic carbocycles. The minimum absolute atomic E-state index is 0.138. The summed E-state index contributed by atoms with van der Waals surface area (Å²) in [5.41, 5.74) is -0.0305. The van der Waals surface area contributed by atoms with E-state index in [2.05, 4.69) is 5.32 Å². The number of benzene rings is 3. The van der Waals surface area contributed by atoms with Crippen molar-refractivity contribution in [3.63, 3.8) is 0 Å². The summed E-state index contributed by atoms with van der Waals surface area (Å²) in [6.45, 7) is -0.829. The molecule has 3 aromatic carbocycles. The van der Waals surface area contributed by atoms with Crippen LogP contribution in [0.25, 0.3) is 0 Å². The van der Waals surface area contributed by atoms with Crippen molar-refractivity contribution in [1.29, 1.82) is 0 Å². The van der Waals surface area contributed by atoms with Crippen molar-refractivity contribution in [2.45, 2.75) is 11.4 Å². The van der Waals surface area contributed by atoms with Gasteiger partial charge in [0, 0.05) is 12.6 Å². The van der Waals surface area contributed by atoms with Gasteiger partial charge in [0.1, 0.15) is 17.3 Å². The standard InChI is InChI=1S/C23H22F2N2O5S/c1-31-20-12-11-17(13-21(20)32-2)33(29,30)27(14-16-7-4-3-5-8-16)15-22(28)26-23-18(24)9-6-10-19(23)25/h3-13H,14-15H2,1-2H3,(H,26,28). The highest BCUT2D eigenvalue weighted by molar-refractivity contribution is 7.89. The Morgan fingerprint density at radius 2 is 1.55 bits per heavy atom. The maximum absolute atomic E-state index is 13.9. The van der Waals surface area contributed by atoms with Crippen LogP contribution in [-0.4, -0.2) is 39.4 Å². The largest absolute Gasteiger partial charge is 0.493 e. The smallest absolute Gasteiger partial charge is 0.243 e. The Balaban J connectivity index is 1.94. The predicted molar refractivity (Wildman–Crippen MR) is 119 cm³/mol. The molecule has 1 amide bonds. The number of hydrogen-bond acceptors (Lipinski definition) is 5. The van der Waals surface area contributed by atoms with Gasteiger partial charge in [-0.1, -0.05) is 36.4 Å². The molecule has 0 saturated carbocycles. The van der Waals surface area contributed by atoms with E-state index >= 15 is 0 Å². The Hall–Kier alpha value is -3.50. The third kappa shape index (κ3) is 5.65. The molecule has 0 aliphatic heterocycles. The van der Waals surface area contributed by atoms with Crippen molar-refractivity contribution in [1.82, 2.24) is 4.31 Å². The summed E-state index contributed by atoms with van der Waals surface area (Å²) in [5.74, 6) is -2.32. The molecule has 174 valence electrons. The maximum atomic E-state index is 13.9. The number of amides is 1. The quantitative estimate of drug-likeness (QED) is 0.508. The molecule has 0 bridgehead atoms. The topological polar surface area (TPSA) is 84.9 Å². The van der Waals surface area contributed by atoms with Gasteiger partial charge in [-0.15, -0.1) is 0 Å². The first-order valence-corrected chi connectivity index (χ1v) is 11.2. The van der Waals surface area contributed by atoms with Gasteiger partial charge in [0.25, 0.3) is 0 Å². The van der Waals surface area contributed by atoms with Crippen LogP contribution in [0, 0.1) is 11.6 Å². The molecule has 0 unspecified atom stereocenters. The fourth-order valence-corrected chi connectivity index (χ4v) is 4.50. The molecule has 0 radical (unpaired) electrons. The lowest BCUT2D eigenvalue weighted by Gasteiger charge is -2.22. The molecular weight excluding hydrogens is 454 g/mol. The first-order chi connectivity index (χ1) is 15.8. The molecule has 0 aromatic heterocycles. The fourth-order valence-electron chi connectivity index (χ4n) is 3.10. The van der Waals surface area contributed by atoms with Gasteiger partial charge in [0.2, 0.25) is 15.9 Å². The summed E-state index contributed by atoms with van der Waals surface area (Å²) >= 11 is 0. The first kappa shape index (κ1) is 24.1. The molecule has 0 heterocycles. The minimum Gasteiger partial charge on any atom is -0.493 e. The third-order valence-electron chi connectivity index (χ3n) is 4.74. The van der Waals surface area contributed by atoms with E-state index in [9.17, 15) is 22.0 Å². The number of para-hydroxylation sites is 1. The molecule has 3 rings (SSSR count). The highest BCUT2D eigenvalue weighted by atomic mass is 32.2. The zero-order valence-corrected chi connectivity index (χ0v) is 18.7. The Labute approximate surface area is 190 Å². The number of rotatable bonds is 9. The van der Waals surface area contributed by atoms with Crippen LogP contribution in [0.15, 0.2) is 71.6 Å². The van der Waals surface area contributed by atoms with Gasteiger partial charge in [0.15, 0.2) is 11.5 Å². The molecular formula is C23H22F2N2O5S. The van der Waals surface area contributed by atoms with Crippen molar-refractivity contribution < 1.29 is 31.5 Å². The Morgan fingerprint density at radius 1 is 0.909 bits per heavy atom. The summed E-state index contributed by atoms with van der Waals surface area (Å²) in [6.07, 6.45) is 0. The molecule has 0 aliphatic rings. The number of ether oxygens (including phenoxy) is 2. The van der Waals surface area contributed by atoms with E-state index in [-0.39, 0.29) is 17.2 Å². The van der Waals surface area contributed by atoms with E-state index in [1.807, 2.05) is 0 Å². The van der Waals surface area contributed by atoms with Crippen molar-refractivity contribution >= 4 is 21.6 Å². The van der Waals surface area contributed by atoms with Crippen molar-refractivity contribution in [2.24, 2.45) is 0 Å². The van der Waals surface area contributed by atoms with Crippen LogP contribution < -0.4 is 14.8 Å². The SMILES string of the molecule is COc1ccc(S(=O)(=O)N(CC(=O)Nc2c(F)cccc2F)Cc2ccccc2)cc1OC. The summed E-state index contributed by atoms with van der Waals surface area (Å²) in [4.78, 5) is 12.5. The van der Waals surface area contributed by atoms with Crippen LogP contribution in [0.3, 0.4) is 0 Å². The van der Waals surface area contributed by atoms with Gasteiger partial charge < -0.3 is 14.8 Å². The van der Waals surface area contributed by atoms with Gasteiger partial charge in [0.05, 0.1) is 25.7 Å². The average molecular weight is 477 g/mol. The summed E-state index contributed by atoms with van der Waals surface area (Å²) in [6, 6.07) is 15.8. The zero-order chi connectivity index (χ0) is 24.0. The van der Waals surface area contributed by atoms with E-state index in [0.29, 0.717) is 11.3 Å². The van der Waals surface area contributed by atoms with Crippen LogP contribution in [0.5, 0.6) is 11.5 Å². The highest BCUT2D eigenvalue weighted by Crippen LogP contribution is 2.31. The Morgan fingerprint density at radius 3 is 2.15 bits per heavy atom. The van der Waals surface area contributed by atoms with Crippen molar-refractivity contribution in [3.05, 3.63) is 83.9 Å². The molecule has 33 heavy (non-hydrogen) atoms. The monoisotopic (exact) mass is 476 g/mol. The van der Waals surface area contributed by atoms with Gasteiger partial charge in [-0.3, -0.25) is 4.79 Å². The molecule has 0 saturated heterocycles. The van der Waals surface area contributed by atoms with Crippen LogP contribution >= 0.6 is 0 Å². The van der Waals surface area contributed by atoms with Crippen LogP contribution in [0.2, 0.25) is 0 Å². The van der Waals surface area contributed by atoms with Crippen LogP contribution in [0.4, 0.5) is 14.5 Å². The second kappa shape index (κ2) is 10.4. The van der Waals surface area contributed by atoms with Gasteiger partial charge >= 0.3 is 0 Å². The summed E-state index contributed by atoms with van der Waals surface area (Å²) < 4.78 is 66.0. The van der Waals surface area contributed by atoms with Crippen LogP contribution in [-0.2, 0) is 21.4 Å². The Kier molecular flexibility index (Phi) is 7.62. The number of halogens is 2. The summed E-state index contributed by atoms with van der Waals surface area (Å²) in [7, 11) is -1.43. The number of carbonyl (C=O) groups excluding carboxylic acids is 1. The molecule has 0 atom stereocenters. The van der Waals surface area contributed by atoms with Gasteiger partial charge in [-0.2, -0.15) is 4.31 Å². The fraction of sp³-hybridized carbons (Fsp3) is 0.174. The zero-order valence-electron chi connectivity index (χ0n) is 17.9. The van der Waals surface area contributed by atoms with E-state index in [0.717, 1.165) is 22.5 Å². The number of anilines is 1. The van der Waals surface area contributed by atoms with Crippen LogP contribution in [0.1, 0.15) is 5.56 Å². The van der Waals surface area contributed by atoms with Gasteiger partial charge in [-0.05, 0) is 29.8 Å². The van der Waals surface area contributed by atoms with Gasteiger partial charge in [-0.25, -0.2) is 17.2 Å². The molecule has 10 heteroatoms. The lowest BCUT2D eigenvalue weighted by atomic mass is 10.2. The maximum Gasteiger partial charge on any atom is 0.243 e. The second-order valence-corrected chi connectivity index (χ2v) is 8.86. The number of hydrogen-bond donors (Lipinski definition) is 1. The lowest BCUT2D eigenvalue weighted by Crippen LogP contribution is -2.37. The Bertz CT molecular complexity index is 1220. The first-order valence-electron chi connectivity index (χ1n) is 9.76. The number of methoxy groups -OCH3 is 2. The third-order valence-corrected chi connectivity index (χ3v) is 6.53. The highest BCUT2D eigenvalue weighted by Gasteiger charge is 2.28. The second-order valence-electron chi connectivity index (χ2n) is 6.92. The van der Waals surface area contributed by atoms with E-state index in [1.165, 1.54) is 32.4 Å².